The number of nitrogens with two attached hydrogens (primary N) is 1. The van der Waals surface area contributed by atoms with Crippen LogP contribution in [0.2, 0.25) is 0 Å². The van der Waals surface area contributed by atoms with E-state index in [4.69, 9.17) is 5.73 Å². The standard InChI is InChI=1S/C20H22F3N3O/c21-20(22,23)27-18-7-5-16(6-8-18)25-10-9-19(12-25)13-26(14-19)17-3-1-15(11-24)2-4-17/h1-8H,9-14,24H2. The Hall–Kier alpha value is -2.41. The van der Waals surface area contributed by atoms with Crippen LogP contribution >= 0.6 is 0 Å². The first kappa shape index (κ1) is 18.0. The summed E-state index contributed by atoms with van der Waals surface area (Å²) in [4.78, 5) is 4.61. The van der Waals surface area contributed by atoms with Gasteiger partial charge in [0.1, 0.15) is 5.75 Å². The number of alkyl halides is 3. The van der Waals surface area contributed by atoms with Gasteiger partial charge in [0.15, 0.2) is 0 Å². The Labute approximate surface area is 156 Å². The van der Waals surface area contributed by atoms with Crippen molar-refractivity contribution in [2.75, 3.05) is 36.0 Å². The lowest BCUT2D eigenvalue weighted by Gasteiger charge is -2.49. The monoisotopic (exact) mass is 377 g/mol. The largest absolute Gasteiger partial charge is 0.573 e. The quantitative estimate of drug-likeness (QED) is 0.881. The SMILES string of the molecule is NCc1ccc(N2CC3(CCN(c4ccc(OC(F)(F)F)cc4)C3)C2)cc1. The van der Waals surface area contributed by atoms with E-state index in [2.05, 4.69) is 38.8 Å². The highest BCUT2D eigenvalue weighted by Crippen LogP contribution is 2.43. The number of hydrogen-bond donors (Lipinski definition) is 1. The van der Waals surface area contributed by atoms with Crippen LogP contribution in [-0.4, -0.2) is 32.5 Å². The van der Waals surface area contributed by atoms with Gasteiger partial charge in [0.25, 0.3) is 0 Å². The van der Waals surface area contributed by atoms with Crippen molar-refractivity contribution in [1.82, 2.24) is 0 Å². The van der Waals surface area contributed by atoms with Crippen LogP contribution in [0.5, 0.6) is 5.75 Å². The molecule has 2 aromatic rings. The van der Waals surface area contributed by atoms with Crippen molar-refractivity contribution in [3.05, 3.63) is 54.1 Å². The van der Waals surface area contributed by atoms with Crippen LogP contribution in [0.1, 0.15) is 12.0 Å². The maximum atomic E-state index is 12.3. The van der Waals surface area contributed by atoms with E-state index in [1.54, 1.807) is 12.1 Å². The predicted molar refractivity (Wildman–Crippen MR) is 98.9 cm³/mol. The lowest BCUT2D eigenvalue weighted by atomic mass is 9.78. The van der Waals surface area contributed by atoms with Gasteiger partial charge in [-0.3, -0.25) is 0 Å². The van der Waals surface area contributed by atoms with Crippen LogP contribution in [-0.2, 0) is 6.54 Å². The molecule has 0 amide bonds. The number of benzene rings is 2. The van der Waals surface area contributed by atoms with Crippen molar-refractivity contribution < 1.29 is 17.9 Å². The van der Waals surface area contributed by atoms with E-state index in [-0.39, 0.29) is 11.2 Å². The highest BCUT2D eigenvalue weighted by molar-refractivity contribution is 5.54. The smallest absolute Gasteiger partial charge is 0.406 e. The maximum Gasteiger partial charge on any atom is 0.573 e. The zero-order valence-electron chi connectivity index (χ0n) is 14.9. The third-order valence-corrected chi connectivity index (χ3v) is 5.46. The highest BCUT2D eigenvalue weighted by Gasteiger charge is 2.47. The van der Waals surface area contributed by atoms with Crippen molar-refractivity contribution in [1.29, 1.82) is 0 Å². The molecule has 0 aromatic heterocycles. The average molecular weight is 377 g/mol. The zero-order chi connectivity index (χ0) is 19.1. The Bertz CT molecular complexity index is 784. The topological polar surface area (TPSA) is 41.7 Å². The van der Waals surface area contributed by atoms with Gasteiger partial charge in [-0.25, -0.2) is 0 Å². The van der Waals surface area contributed by atoms with Gasteiger partial charge in [-0.05, 0) is 48.4 Å². The van der Waals surface area contributed by atoms with E-state index < -0.39 is 6.36 Å². The second-order valence-corrected chi connectivity index (χ2v) is 7.44. The molecule has 0 radical (unpaired) electrons. The number of hydrogen-bond acceptors (Lipinski definition) is 4. The summed E-state index contributed by atoms with van der Waals surface area (Å²) < 4.78 is 40.8. The Balaban J connectivity index is 1.35. The van der Waals surface area contributed by atoms with Gasteiger partial charge >= 0.3 is 6.36 Å². The fraction of sp³-hybridized carbons (Fsp3) is 0.400. The minimum absolute atomic E-state index is 0.184. The first-order valence-electron chi connectivity index (χ1n) is 9.01. The Morgan fingerprint density at radius 1 is 0.889 bits per heavy atom. The molecule has 2 saturated heterocycles. The van der Waals surface area contributed by atoms with Crippen molar-refractivity contribution in [3.63, 3.8) is 0 Å². The van der Waals surface area contributed by atoms with E-state index in [0.29, 0.717) is 6.54 Å². The molecule has 4 rings (SSSR count). The van der Waals surface area contributed by atoms with Crippen LogP contribution < -0.4 is 20.3 Å². The Morgan fingerprint density at radius 2 is 1.44 bits per heavy atom. The van der Waals surface area contributed by atoms with Crippen LogP contribution in [0.15, 0.2) is 48.5 Å². The van der Waals surface area contributed by atoms with Crippen LogP contribution in [0, 0.1) is 5.41 Å². The summed E-state index contributed by atoms with van der Waals surface area (Å²) in [5, 5.41) is 0. The molecule has 27 heavy (non-hydrogen) atoms. The van der Waals surface area contributed by atoms with Gasteiger partial charge < -0.3 is 20.3 Å². The molecular weight excluding hydrogens is 355 g/mol. The first-order chi connectivity index (χ1) is 12.9. The number of nitrogens with zero attached hydrogens (tertiary/aromatic N) is 2. The fourth-order valence-electron chi connectivity index (χ4n) is 4.06. The molecule has 2 heterocycles. The average Bonchev–Trinajstić information content (AvgIpc) is 3.06. The lowest BCUT2D eigenvalue weighted by Crippen LogP contribution is -2.57. The number of anilines is 2. The summed E-state index contributed by atoms with van der Waals surface area (Å²) in [5.74, 6) is -0.184. The first-order valence-corrected chi connectivity index (χ1v) is 9.01. The molecule has 4 nitrogen and oxygen atoms in total. The second-order valence-electron chi connectivity index (χ2n) is 7.44. The van der Waals surface area contributed by atoms with Gasteiger partial charge in [0.2, 0.25) is 0 Å². The summed E-state index contributed by atoms with van der Waals surface area (Å²) >= 11 is 0. The minimum Gasteiger partial charge on any atom is -0.406 e. The van der Waals surface area contributed by atoms with Crippen molar-refractivity contribution in [2.45, 2.75) is 19.3 Å². The molecule has 0 atom stereocenters. The van der Waals surface area contributed by atoms with E-state index in [0.717, 1.165) is 43.9 Å². The van der Waals surface area contributed by atoms with E-state index >= 15 is 0 Å². The summed E-state index contributed by atoms with van der Waals surface area (Å²) in [7, 11) is 0. The minimum atomic E-state index is -4.66. The molecular formula is C20H22F3N3O. The zero-order valence-corrected chi connectivity index (χ0v) is 14.9. The van der Waals surface area contributed by atoms with Gasteiger partial charge in [0, 0.05) is 49.5 Å². The van der Waals surface area contributed by atoms with Crippen molar-refractivity contribution in [3.8, 4) is 5.75 Å². The number of rotatable bonds is 4. The van der Waals surface area contributed by atoms with Gasteiger partial charge in [-0.1, -0.05) is 12.1 Å². The molecule has 1 spiro atoms. The predicted octanol–water partition coefficient (Wildman–Crippen LogP) is 3.76. The Kier molecular flexibility index (Phi) is 4.42. The highest BCUT2D eigenvalue weighted by atomic mass is 19.4. The number of ether oxygens (including phenoxy) is 1. The lowest BCUT2D eigenvalue weighted by molar-refractivity contribution is -0.274. The van der Waals surface area contributed by atoms with Gasteiger partial charge in [0.05, 0.1) is 0 Å². The Morgan fingerprint density at radius 3 is 2.04 bits per heavy atom. The molecule has 2 fully saturated rings. The fourth-order valence-corrected chi connectivity index (χ4v) is 4.06. The molecule has 0 aliphatic carbocycles. The molecule has 0 bridgehead atoms. The molecule has 0 unspecified atom stereocenters. The molecule has 144 valence electrons. The number of halogens is 3. The molecule has 0 saturated carbocycles. The van der Waals surface area contributed by atoms with Crippen LogP contribution in [0.25, 0.3) is 0 Å². The molecule has 2 aromatic carbocycles. The summed E-state index contributed by atoms with van der Waals surface area (Å²) in [6, 6.07) is 14.5. The van der Waals surface area contributed by atoms with Crippen LogP contribution in [0.4, 0.5) is 24.5 Å². The molecule has 2 aliphatic rings. The van der Waals surface area contributed by atoms with E-state index in [1.807, 2.05) is 0 Å². The summed E-state index contributed by atoms with van der Waals surface area (Å²) in [5.41, 5.74) is 9.18. The van der Waals surface area contributed by atoms with Crippen molar-refractivity contribution >= 4 is 11.4 Å². The van der Waals surface area contributed by atoms with Crippen molar-refractivity contribution in [2.24, 2.45) is 11.1 Å². The summed E-state index contributed by atoms with van der Waals surface area (Å²) in [6.07, 6.45) is -3.57. The second kappa shape index (κ2) is 6.64. The molecule has 2 aliphatic heterocycles. The third kappa shape index (κ3) is 3.83. The van der Waals surface area contributed by atoms with E-state index in [9.17, 15) is 13.2 Å². The molecule has 7 heteroatoms. The summed E-state index contributed by atoms with van der Waals surface area (Å²) in [6.45, 7) is 4.39. The third-order valence-electron chi connectivity index (χ3n) is 5.46. The van der Waals surface area contributed by atoms with Gasteiger partial charge in [-0.2, -0.15) is 0 Å². The van der Waals surface area contributed by atoms with Gasteiger partial charge in [-0.15, -0.1) is 13.2 Å². The maximum absolute atomic E-state index is 12.3. The molecule has 2 N–H and O–H groups in total. The van der Waals surface area contributed by atoms with E-state index in [1.165, 1.54) is 17.8 Å². The van der Waals surface area contributed by atoms with Crippen LogP contribution in [0.3, 0.4) is 0 Å². The normalized spacial score (nSPS) is 18.7.